The van der Waals surface area contributed by atoms with Crippen LogP contribution >= 0.6 is 0 Å². The molecule has 0 bridgehead atoms. The van der Waals surface area contributed by atoms with Gasteiger partial charge in [0, 0.05) is 13.2 Å². The van der Waals surface area contributed by atoms with Gasteiger partial charge in [-0.25, -0.2) is 0 Å². The number of aliphatic hydroxyl groups excluding tert-OH is 1. The maximum absolute atomic E-state index is 11.5. The Morgan fingerprint density at radius 3 is 2.62 bits per heavy atom. The number of carboxylic acids is 1. The van der Waals surface area contributed by atoms with Crippen molar-refractivity contribution < 1.29 is 71.5 Å². The van der Waals surface area contributed by atoms with Gasteiger partial charge in [-0.2, -0.15) is 0 Å². The third-order valence-electron chi connectivity index (χ3n) is 2.65. The van der Waals surface area contributed by atoms with E-state index in [4.69, 9.17) is 10.2 Å². The Hall–Kier alpha value is 0.236. The van der Waals surface area contributed by atoms with Gasteiger partial charge >= 0.3 is 57.4 Å². The molecule has 0 aromatic heterocycles. The summed E-state index contributed by atoms with van der Waals surface area (Å²) < 4.78 is 0. The molecular formula is C14H25KN2O4. The number of hydrogen-bond acceptors (Lipinski definition) is 5. The van der Waals surface area contributed by atoms with Crippen molar-refractivity contribution >= 4 is 11.9 Å². The molecule has 0 aromatic rings. The molecule has 0 aliphatic carbocycles. The molecule has 6 nitrogen and oxygen atoms in total. The molecule has 7 heteroatoms. The molecule has 2 N–H and O–H groups in total. The van der Waals surface area contributed by atoms with E-state index in [0.29, 0.717) is 13.0 Å². The first-order chi connectivity index (χ1) is 9.60. The van der Waals surface area contributed by atoms with Crippen LogP contribution in [0.4, 0.5) is 0 Å². The topological polar surface area (TPSA) is 96.2 Å². The smallest absolute Gasteiger partial charge is 0.859 e. The summed E-state index contributed by atoms with van der Waals surface area (Å²) in [7, 11) is 0. The van der Waals surface area contributed by atoms with Gasteiger partial charge < -0.3 is 15.3 Å². The van der Waals surface area contributed by atoms with Crippen molar-refractivity contribution in [1.82, 2.24) is 4.90 Å². The Bertz CT molecular complexity index is 322. The SMILES string of the molecule is CCCCC/C=C/C([O-])=NCN(CCCO)CC(=O)O.[K+]. The number of aliphatic hydroxyl groups is 1. The average Bonchev–Trinajstić information content (AvgIpc) is 2.41. The van der Waals surface area contributed by atoms with Crippen LogP contribution in [0.25, 0.3) is 0 Å². The van der Waals surface area contributed by atoms with E-state index in [0.717, 1.165) is 25.7 Å². The number of carbonyl (C=O) groups is 1. The van der Waals surface area contributed by atoms with Crippen molar-refractivity contribution in [3.63, 3.8) is 0 Å². The van der Waals surface area contributed by atoms with Crippen LogP contribution < -0.4 is 56.5 Å². The molecule has 21 heavy (non-hydrogen) atoms. The average molecular weight is 324 g/mol. The van der Waals surface area contributed by atoms with E-state index < -0.39 is 5.97 Å². The molecule has 0 saturated heterocycles. The number of aliphatic carboxylic acids is 1. The minimum Gasteiger partial charge on any atom is -0.859 e. The molecule has 0 atom stereocenters. The first-order valence-corrected chi connectivity index (χ1v) is 7.03. The predicted molar refractivity (Wildman–Crippen MR) is 76.5 cm³/mol. The summed E-state index contributed by atoms with van der Waals surface area (Å²) in [5.74, 6) is -1.32. The van der Waals surface area contributed by atoms with Crippen LogP contribution in [0.2, 0.25) is 0 Å². The number of unbranched alkanes of at least 4 members (excludes halogenated alkanes) is 3. The summed E-state index contributed by atoms with van der Waals surface area (Å²) in [6.45, 7) is 2.37. The van der Waals surface area contributed by atoms with Gasteiger partial charge in [0.2, 0.25) is 0 Å². The largest absolute Gasteiger partial charge is 1.00 e. The molecular weight excluding hydrogens is 299 g/mol. The molecule has 0 rings (SSSR count). The van der Waals surface area contributed by atoms with Crippen molar-refractivity contribution in [2.75, 3.05) is 26.4 Å². The van der Waals surface area contributed by atoms with Gasteiger partial charge in [0.1, 0.15) is 0 Å². The van der Waals surface area contributed by atoms with Crippen LogP contribution in [0.5, 0.6) is 0 Å². The summed E-state index contributed by atoms with van der Waals surface area (Å²) in [6.07, 6.45) is 7.89. The van der Waals surface area contributed by atoms with E-state index in [1.807, 2.05) is 0 Å². The molecule has 0 radical (unpaired) electrons. The summed E-state index contributed by atoms with van der Waals surface area (Å²) in [4.78, 5) is 16.0. The van der Waals surface area contributed by atoms with Gasteiger partial charge in [-0.05, 0) is 25.2 Å². The Morgan fingerprint density at radius 1 is 1.33 bits per heavy atom. The number of allylic oxidation sites excluding steroid dienone is 1. The predicted octanol–water partition coefficient (Wildman–Crippen LogP) is -2.39. The maximum atomic E-state index is 11.5. The normalized spacial score (nSPS) is 11.9. The number of carboxylic acid groups (broad SMARTS) is 1. The van der Waals surface area contributed by atoms with Gasteiger partial charge in [-0.1, -0.05) is 31.9 Å². The second-order valence-electron chi connectivity index (χ2n) is 4.56. The van der Waals surface area contributed by atoms with Gasteiger partial charge in [0.05, 0.1) is 13.2 Å². The molecule has 0 unspecified atom stereocenters. The van der Waals surface area contributed by atoms with Gasteiger partial charge in [0.15, 0.2) is 0 Å². The molecule has 0 aromatic carbocycles. The fraction of sp³-hybridized carbons (Fsp3) is 0.714. The van der Waals surface area contributed by atoms with Crippen LogP contribution in [0, 0.1) is 0 Å². The van der Waals surface area contributed by atoms with Gasteiger partial charge in [-0.3, -0.25) is 14.7 Å². The molecule has 0 aliphatic rings. The minimum atomic E-state index is -0.972. The molecule has 0 heterocycles. The van der Waals surface area contributed by atoms with Crippen LogP contribution in [0.1, 0.15) is 39.0 Å². The van der Waals surface area contributed by atoms with Crippen molar-refractivity contribution in [1.29, 1.82) is 0 Å². The van der Waals surface area contributed by atoms with Crippen LogP contribution in [-0.2, 0) is 4.79 Å². The maximum Gasteiger partial charge on any atom is 1.00 e. The molecule has 0 aliphatic heterocycles. The summed E-state index contributed by atoms with van der Waals surface area (Å²) >= 11 is 0. The number of aliphatic imine (C=N–C) groups is 1. The summed E-state index contributed by atoms with van der Waals surface area (Å²) in [5.41, 5.74) is 0. The van der Waals surface area contributed by atoms with Crippen molar-refractivity contribution in [2.24, 2.45) is 4.99 Å². The zero-order valence-electron chi connectivity index (χ0n) is 13.1. The van der Waals surface area contributed by atoms with Crippen molar-refractivity contribution in [2.45, 2.75) is 39.0 Å². The quantitative estimate of drug-likeness (QED) is 0.181. The third kappa shape index (κ3) is 16.4. The molecule has 116 valence electrons. The fourth-order valence-electron chi connectivity index (χ4n) is 1.60. The standard InChI is InChI=1S/C14H26N2O4.K/c1-2-3-4-5-6-8-13(18)15-12-16(9-7-10-17)11-14(19)20;/h6,8,17H,2-5,7,9-12H2,1H3,(H,15,18)(H,19,20);/q;+1/p-1/b8-6+;. The Morgan fingerprint density at radius 2 is 2.05 bits per heavy atom. The number of hydrogen-bond donors (Lipinski definition) is 2. The number of rotatable bonds is 12. The molecule has 0 amide bonds. The van der Waals surface area contributed by atoms with E-state index in [-0.39, 0.29) is 77.1 Å². The molecule has 0 spiro atoms. The van der Waals surface area contributed by atoms with E-state index in [1.165, 1.54) is 11.0 Å². The van der Waals surface area contributed by atoms with Crippen LogP contribution in [-0.4, -0.2) is 53.3 Å². The minimum absolute atomic E-state index is 0. The second kappa shape index (κ2) is 16.6. The van der Waals surface area contributed by atoms with E-state index >= 15 is 0 Å². The second-order valence-corrected chi connectivity index (χ2v) is 4.56. The summed E-state index contributed by atoms with van der Waals surface area (Å²) in [6, 6.07) is 0. The molecule has 0 fully saturated rings. The van der Waals surface area contributed by atoms with Crippen molar-refractivity contribution in [3.8, 4) is 0 Å². The Balaban J connectivity index is 0. The fourth-order valence-corrected chi connectivity index (χ4v) is 1.60. The first-order valence-electron chi connectivity index (χ1n) is 7.03. The number of nitrogens with zero attached hydrogens (tertiary/aromatic N) is 2. The Kier molecular flexibility index (Phi) is 18.6. The first kappa shape index (κ1) is 23.5. The Labute approximate surface area is 169 Å². The zero-order valence-corrected chi connectivity index (χ0v) is 16.2. The molecule has 0 saturated carbocycles. The van der Waals surface area contributed by atoms with E-state index in [9.17, 15) is 9.90 Å². The van der Waals surface area contributed by atoms with Gasteiger partial charge in [0.25, 0.3) is 0 Å². The third-order valence-corrected chi connectivity index (χ3v) is 2.65. The monoisotopic (exact) mass is 324 g/mol. The van der Waals surface area contributed by atoms with Crippen LogP contribution in [0.3, 0.4) is 0 Å². The van der Waals surface area contributed by atoms with Crippen LogP contribution in [0.15, 0.2) is 17.1 Å². The van der Waals surface area contributed by atoms with E-state index in [1.54, 1.807) is 6.08 Å². The van der Waals surface area contributed by atoms with E-state index in [2.05, 4.69) is 11.9 Å². The zero-order chi connectivity index (χ0) is 15.2. The van der Waals surface area contributed by atoms with Gasteiger partial charge in [-0.15, -0.1) is 0 Å². The summed E-state index contributed by atoms with van der Waals surface area (Å²) in [5, 5.41) is 28.9. The van der Waals surface area contributed by atoms with Crippen molar-refractivity contribution in [3.05, 3.63) is 12.2 Å².